The van der Waals surface area contributed by atoms with E-state index in [1.165, 1.54) is 25.7 Å². The summed E-state index contributed by atoms with van der Waals surface area (Å²) >= 11 is 0. The number of carbonyl (C=O) groups excluding carboxylic acids is 1. The van der Waals surface area contributed by atoms with Gasteiger partial charge in [0.25, 0.3) is 5.91 Å². The second-order valence-corrected chi connectivity index (χ2v) is 6.21. The number of ether oxygens (including phenoxy) is 1. The molecule has 3 nitrogen and oxygen atoms in total. The molecule has 1 aromatic carbocycles. The lowest BCUT2D eigenvalue weighted by molar-refractivity contribution is 0.0690. The Morgan fingerprint density at radius 3 is 2.20 bits per heavy atom. The van der Waals surface area contributed by atoms with Crippen LogP contribution in [0.4, 0.5) is 0 Å². The molecule has 20 heavy (non-hydrogen) atoms. The van der Waals surface area contributed by atoms with Gasteiger partial charge in [-0.2, -0.15) is 0 Å². The smallest absolute Gasteiger partial charge is 0.253 e. The predicted octanol–water partition coefficient (Wildman–Crippen LogP) is 3.09. The summed E-state index contributed by atoms with van der Waals surface area (Å²) in [4.78, 5) is 14.6. The zero-order chi connectivity index (χ0) is 14.1. The summed E-state index contributed by atoms with van der Waals surface area (Å²) in [5.74, 6) is 1.67. The van der Waals surface area contributed by atoms with E-state index in [-0.39, 0.29) is 5.91 Å². The van der Waals surface area contributed by atoms with Crippen molar-refractivity contribution in [3.05, 3.63) is 35.4 Å². The SMILES string of the molecule is COCc1ccc(C(=O)N(C)C(C2CC2)C2CC2)cc1. The van der Waals surface area contributed by atoms with Crippen molar-refractivity contribution in [1.82, 2.24) is 4.90 Å². The largest absolute Gasteiger partial charge is 0.380 e. The Hall–Kier alpha value is -1.35. The molecular formula is C17H23NO2. The minimum Gasteiger partial charge on any atom is -0.380 e. The van der Waals surface area contributed by atoms with Crippen LogP contribution in [0.15, 0.2) is 24.3 Å². The van der Waals surface area contributed by atoms with Crippen LogP contribution < -0.4 is 0 Å². The maximum atomic E-state index is 12.6. The van der Waals surface area contributed by atoms with Crippen molar-refractivity contribution in [2.75, 3.05) is 14.2 Å². The number of methoxy groups -OCH3 is 1. The molecule has 0 saturated heterocycles. The molecule has 2 fully saturated rings. The third-order valence-corrected chi connectivity index (χ3v) is 4.49. The Morgan fingerprint density at radius 2 is 1.75 bits per heavy atom. The van der Waals surface area contributed by atoms with Crippen molar-refractivity contribution in [2.45, 2.75) is 38.3 Å². The monoisotopic (exact) mass is 273 g/mol. The minimum atomic E-state index is 0.165. The van der Waals surface area contributed by atoms with E-state index in [0.29, 0.717) is 12.6 Å². The Kier molecular flexibility index (Phi) is 3.79. The standard InChI is InChI=1S/C17H23NO2/c1-18(16(13-7-8-13)14-9-10-14)17(19)15-5-3-12(4-6-15)11-20-2/h3-6,13-14,16H,7-11H2,1-2H3. The van der Waals surface area contributed by atoms with Gasteiger partial charge in [0, 0.05) is 25.8 Å². The van der Waals surface area contributed by atoms with Crippen LogP contribution >= 0.6 is 0 Å². The van der Waals surface area contributed by atoms with Crippen molar-refractivity contribution < 1.29 is 9.53 Å². The van der Waals surface area contributed by atoms with Crippen LogP contribution in [0.25, 0.3) is 0 Å². The third kappa shape index (κ3) is 2.88. The molecule has 108 valence electrons. The number of amides is 1. The predicted molar refractivity (Wildman–Crippen MR) is 78.5 cm³/mol. The van der Waals surface area contributed by atoms with Crippen LogP contribution in [-0.2, 0) is 11.3 Å². The van der Waals surface area contributed by atoms with Crippen molar-refractivity contribution in [2.24, 2.45) is 11.8 Å². The van der Waals surface area contributed by atoms with Gasteiger partial charge in [-0.05, 0) is 55.2 Å². The molecular weight excluding hydrogens is 250 g/mol. The van der Waals surface area contributed by atoms with Gasteiger partial charge in [0.15, 0.2) is 0 Å². The van der Waals surface area contributed by atoms with E-state index < -0.39 is 0 Å². The maximum Gasteiger partial charge on any atom is 0.253 e. The van der Waals surface area contributed by atoms with E-state index in [2.05, 4.69) is 0 Å². The molecule has 2 aliphatic carbocycles. The number of carbonyl (C=O) groups is 1. The molecule has 0 aromatic heterocycles. The first kappa shape index (κ1) is 13.6. The number of hydrogen-bond acceptors (Lipinski definition) is 2. The fourth-order valence-electron chi connectivity index (χ4n) is 3.14. The molecule has 3 heteroatoms. The molecule has 0 unspecified atom stereocenters. The highest BCUT2D eigenvalue weighted by atomic mass is 16.5. The van der Waals surface area contributed by atoms with Gasteiger partial charge >= 0.3 is 0 Å². The van der Waals surface area contributed by atoms with Crippen molar-refractivity contribution in [1.29, 1.82) is 0 Å². The van der Waals surface area contributed by atoms with Crippen molar-refractivity contribution >= 4 is 5.91 Å². The zero-order valence-corrected chi connectivity index (χ0v) is 12.3. The van der Waals surface area contributed by atoms with Gasteiger partial charge in [-0.15, -0.1) is 0 Å². The average molecular weight is 273 g/mol. The highest BCUT2D eigenvalue weighted by Crippen LogP contribution is 2.47. The molecule has 0 radical (unpaired) electrons. The molecule has 0 spiro atoms. The van der Waals surface area contributed by atoms with Crippen molar-refractivity contribution in [3.8, 4) is 0 Å². The lowest BCUT2D eigenvalue weighted by atomic mass is 10.0. The highest BCUT2D eigenvalue weighted by Gasteiger charge is 2.44. The quantitative estimate of drug-likeness (QED) is 0.797. The third-order valence-electron chi connectivity index (χ3n) is 4.49. The molecule has 2 aliphatic rings. The lowest BCUT2D eigenvalue weighted by Gasteiger charge is -2.28. The van der Waals surface area contributed by atoms with E-state index in [1.807, 2.05) is 36.2 Å². The van der Waals surface area contributed by atoms with E-state index >= 15 is 0 Å². The molecule has 3 rings (SSSR count). The Labute approximate surface area is 120 Å². The van der Waals surface area contributed by atoms with Crippen LogP contribution in [0.5, 0.6) is 0 Å². The topological polar surface area (TPSA) is 29.5 Å². The van der Waals surface area contributed by atoms with E-state index in [9.17, 15) is 4.79 Å². The van der Waals surface area contributed by atoms with Crippen LogP contribution in [0, 0.1) is 11.8 Å². The summed E-state index contributed by atoms with van der Waals surface area (Å²) in [6.45, 7) is 0.594. The first-order valence-electron chi connectivity index (χ1n) is 7.55. The average Bonchev–Trinajstić information content (AvgIpc) is 3.34. The number of nitrogens with zero attached hydrogens (tertiary/aromatic N) is 1. The summed E-state index contributed by atoms with van der Waals surface area (Å²) in [7, 11) is 3.66. The van der Waals surface area contributed by atoms with Crippen LogP contribution in [-0.4, -0.2) is 31.0 Å². The number of rotatable bonds is 6. The van der Waals surface area contributed by atoms with Gasteiger partial charge in [0.1, 0.15) is 0 Å². The second-order valence-electron chi connectivity index (χ2n) is 6.21. The fourth-order valence-corrected chi connectivity index (χ4v) is 3.14. The molecule has 0 atom stereocenters. The van der Waals surface area contributed by atoms with E-state index in [4.69, 9.17) is 4.74 Å². The Morgan fingerprint density at radius 1 is 1.20 bits per heavy atom. The highest BCUT2D eigenvalue weighted by molar-refractivity contribution is 5.94. The lowest BCUT2D eigenvalue weighted by Crippen LogP contribution is -2.40. The summed E-state index contributed by atoms with van der Waals surface area (Å²) in [6, 6.07) is 8.27. The fraction of sp³-hybridized carbons (Fsp3) is 0.588. The van der Waals surface area contributed by atoms with Gasteiger partial charge in [-0.25, -0.2) is 0 Å². The van der Waals surface area contributed by atoms with Gasteiger partial charge in [-0.1, -0.05) is 12.1 Å². The van der Waals surface area contributed by atoms with Gasteiger partial charge in [-0.3, -0.25) is 4.79 Å². The molecule has 0 heterocycles. The molecule has 2 saturated carbocycles. The van der Waals surface area contributed by atoms with E-state index in [1.54, 1.807) is 7.11 Å². The maximum absolute atomic E-state index is 12.6. The normalized spacial score (nSPS) is 18.4. The van der Waals surface area contributed by atoms with Gasteiger partial charge in [0.2, 0.25) is 0 Å². The molecule has 0 aliphatic heterocycles. The Bertz CT molecular complexity index is 462. The molecule has 0 N–H and O–H groups in total. The zero-order valence-electron chi connectivity index (χ0n) is 12.3. The van der Waals surface area contributed by atoms with Gasteiger partial charge < -0.3 is 9.64 Å². The molecule has 0 bridgehead atoms. The Balaban J connectivity index is 1.70. The second kappa shape index (κ2) is 5.57. The summed E-state index contributed by atoms with van der Waals surface area (Å²) in [5, 5.41) is 0. The minimum absolute atomic E-state index is 0.165. The van der Waals surface area contributed by atoms with E-state index in [0.717, 1.165) is 23.0 Å². The molecule has 1 aromatic rings. The first-order chi connectivity index (χ1) is 9.70. The number of benzene rings is 1. The summed E-state index contributed by atoms with van der Waals surface area (Å²) < 4.78 is 5.10. The van der Waals surface area contributed by atoms with Crippen LogP contribution in [0.1, 0.15) is 41.6 Å². The summed E-state index contributed by atoms with van der Waals surface area (Å²) in [5.41, 5.74) is 1.89. The first-order valence-corrected chi connectivity index (χ1v) is 7.55. The van der Waals surface area contributed by atoms with Crippen LogP contribution in [0.3, 0.4) is 0 Å². The van der Waals surface area contributed by atoms with Crippen molar-refractivity contribution in [3.63, 3.8) is 0 Å². The van der Waals surface area contributed by atoms with Crippen LogP contribution in [0.2, 0.25) is 0 Å². The number of hydrogen-bond donors (Lipinski definition) is 0. The summed E-state index contributed by atoms with van der Waals surface area (Å²) in [6.07, 6.45) is 5.19. The van der Waals surface area contributed by atoms with Gasteiger partial charge in [0.05, 0.1) is 6.61 Å². The molecule has 1 amide bonds.